The molecule has 29 heavy (non-hydrogen) atoms. The van der Waals surface area contributed by atoms with E-state index in [9.17, 15) is 14.9 Å². The van der Waals surface area contributed by atoms with Crippen LogP contribution in [0.2, 0.25) is 0 Å². The minimum absolute atomic E-state index is 0.118. The van der Waals surface area contributed by atoms with Gasteiger partial charge in [-0.3, -0.25) is 14.9 Å². The number of aromatic nitrogens is 1. The summed E-state index contributed by atoms with van der Waals surface area (Å²) in [5, 5.41) is 17.7. The van der Waals surface area contributed by atoms with Gasteiger partial charge in [0.15, 0.2) is 0 Å². The van der Waals surface area contributed by atoms with E-state index in [-0.39, 0.29) is 23.2 Å². The van der Waals surface area contributed by atoms with Crippen LogP contribution >= 0.6 is 11.3 Å². The molecule has 148 valence electrons. The van der Waals surface area contributed by atoms with Gasteiger partial charge in [-0.05, 0) is 30.5 Å². The van der Waals surface area contributed by atoms with Gasteiger partial charge in [0.05, 0.1) is 4.92 Å². The van der Waals surface area contributed by atoms with Gasteiger partial charge in [0.2, 0.25) is 0 Å². The summed E-state index contributed by atoms with van der Waals surface area (Å²) in [5.74, 6) is -0.289. The summed E-state index contributed by atoms with van der Waals surface area (Å²) in [5.41, 5.74) is 1.61. The molecule has 0 bridgehead atoms. The molecule has 2 heterocycles. The SMILES string of the molecule is O=C(c1cc(NC(c2ccccc2)c2nccs2)ccc1[N+](=O)[O-])N1CCCC1. The van der Waals surface area contributed by atoms with Gasteiger partial charge in [-0.15, -0.1) is 11.3 Å². The number of nitro groups is 1. The average Bonchev–Trinajstić information content (AvgIpc) is 3.46. The lowest BCUT2D eigenvalue weighted by atomic mass is 10.1. The molecule has 0 aliphatic carbocycles. The van der Waals surface area contributed by atoms with E-state index in [0.717, 1.165) is 23.4 Å². The van der Waals surface area contributed by atoms with Gasteiger partial charge in [-0.2, -0.15) is 0 Å². The first-order chi connectivity index (χ1) is 14.1. The predicted molar refractivity (Wildman–Crippen MR) is 112 cm³/mol. The summed E-state index contributed by atoms with van der Waals surface area (Å²) in [6.07, 6.45) is 3.60. The maximum atomic E-state index is 12.9. The topological polar surface area (TPSA) is 88.4 Å². The number of nitrogens with zero attached hydrogens (tertiary/aromatic N) is 3. The van der Waals surface area contributed by atoms with Gasteiger partial charge in [0.1, 0.15) is 16.6 Å². The van der Waals surface area contributed by atoms with Crippen molar-refractivity contribution in [3.05, 3.63) is 86.4 Å². The molecule has 1 atom stereocenters. The van der Waals surface area contributed by atoms with Crippen LogP contribution in [0.1, 0.15) is 39.8 Å². The Labute approximate surface area is 172 Å². The zero-order valence-corrected chi connectivity index (χ0v) is 16.5. The van der Waals surface area contributed by atoms with Gasteiger partial charge < -0.3 is 10.2 Å². The van der Waals surface area contributed by atoms with Crippen molar-refractivity contribution >= 4 is 28.6 Å². The first kappa shape index (κ1) is 19.1. The summed E-state index contributed by atoms with van der Waals surface area (Å²) in [7, 11) is 0. The van der Waals surface area contributed by atoms with Gasteiger partial charge in [-0.1, -0.05) is 30.3 Å². The Kier molecular flexibility index (Phi) is 5.53. The van der Waals surface area contributed by atoms with Crippen LogP contribution in [0.15, 0.2) is 60.1 Å². The highest BCUT2D eigenvalue weighted by Crippen LogP contribution is 2.31. The minimum atomic E-state index is -0.497. The quantitative estimate of drug-likeness (QED) is 0.480. The number of nitro benzene ring substituents is 1. The van der Waals surface area contributed by atoms with Crippen molar-refractivity contribution in [2.75, 3.05) is 18.4 Å². The maximum Gasteiger partial charge on any atom is 0.282 e. The van der Waals surface area contributed by atoms with Crippen LogP contribution in [0.25, 0.3) is 0 Å². The number of anilines is 1. The molecule has 3 aromatic rings. The first-order valence-corrected chi connectivity index (χ1v) is 10.3. The van der Waals surface area contributed by atoms with Crippen molar-refractivity contribution in [1.29, 1.82) is 0 Å². The number of likely N-dealkylation sites (tertiary alicyclic amines) is 1. The first-order valence-electron chi connectivity index (χ1n) is 9.42. The molecule has 1 amide bonds. The molecule has 0 spiro atoms. The standard InChI is InChI=1S/C21H20N4O3S/c26-21(24-11-4-5-12-24)17-14-16(8-9-18(17)25(27)28)23-19(20-22-10-13-29-20)15-6-2-1-3-7-15/h1-3,6-10,13-14,19,23H,4-5,11-12H2. The highest BCUT2D eigenvalue weighted by molar-refractivity contribution is 7.09. The van der Waals surface area contributed by atoms with Crippen molar-refractivity contribution in [2.24, 2.45) is 0 Å². The Morgan fingerprint density at radius 2 is 1.93 bits per heavy atom. The number of benzene rings is 2. The highest BCUT2D eigenvalue weighted by Gasteiger charge is 2.27. The summed E-state index contributed by atoms with van der Waals surface area (Å²) >= 11 is 1.53. The molecule has 4 rings (SSSR count). The van der Waals surface area contributed by atoms with E-state index in [2.05, 4.69) is 10.3 Å². The second-order valence-corrected chi connectivity index (χ2v) is 7.77. The van der Waals surface area contributed by atoms with Gasteiger partial charge in [0.25, 0.3) is 11.6 Å². The molecular formula is C21H20N4O3S. The number of amides is 1. The van der Waals surface area contributed by atoms with Crippen LogP contribution in [-0.4, -0.2) is 33.8 Å². The van der Waals surface area contributed by atoms with E-state index < -0.39 is 4.92 Å². The molecule has 7 nitrogen and oxygen atoms in total. The summed E-state index contributed by atoms with van der Waals surface area (Å²) in [6.45, 7) is 1.28. The monoisotopic (exact) mass is 408 g/mol. The fourth-order valence-electron chi connectivity index (χ4n) is 3.52. The lowest BCUT2D eigenvalue weighted by Gasteiger charge is -2.20. The normalized spacial score (nSPS) is 14.6. The number of rotatable bonds is 6. The van der Waals surface area contributed by atoms with Crippen molar-refractivity contribution in [2.45, 2.75) is 18.9 Å². The fourth-order valence-corrected chi connectivity index (χ4v) is 4.24. The summed E-state index contributed by atoms with van der Waals surface area (Å²) in [6, 6.07) is 14.3. The van der Waals surface area contributed by atoms with Crippen LogP contribution in [0.3, 0.4) is 0 Å². The van der Waals surface area contributed by atoms with Crippen molar-refractivity contribution in [1.82, 2.24) is 9.88 Å². The van der Waals surface area contributed by atoms with E-state index in [1.807, 2.05) is 35.7 Å². The zero-order valence-electron chi connectivity index (χ0n) is 15.7. The lowest BCUT2D eigenvalue weighted by molar-refractivity contribution is -0.385. The Morgan fingerprint density at radius 1 is 1.17 bits per heavy atom. The minimum Gasteiger partial charge on any atom is -0.372 e. The number of carbonyl (C=O) groups excluding carboxylic acids is 1. The second-order valence-electron chi connectivity index (χ2n) is 6.85. The Bertz CT molecular complexity index is 1000. The van der Waals surface area contributed by atoms with E-state index in [1.165, 1.54) is 17.4 Å². The number of hydrogen-bond acceptors (Lipinski definition) is 6. The van der Waals surface area contributed by atoms with Crippen LogP contribution in [-0.2, 0) is 0 Å². The molecule has 0 radical (unpaired) electrons. The van der Waals surface area contributed by atoms with Crippen molar-refractivity contribution in [3.8, 4) is 0 Å². The molecule has 1 aliphatic rings. The molecule has 0 saturated carbocycles. The van der Waals surface area contributed by atoms with Crippen LogP contribution in [0.5, 0.6) is 0 Å². The molecule has 1 aromatic heterocycles. The smallest absolute Gasteiger partial charge is 0.282 e. The van der Waals surface area contributed by atoms with Crippen LogP contribution < -0.4 is 5.32 Å². The third-order valence-electron chi connectivity index (χ3n) is 4.96. The lowest BCUT2D eigenvalue weighted by Crippen LogP contribution is -2.28. The fraction of sp³-hybridized carbons (Fsp3) is 0.238. The van der Waals surface area contributed by atoms with E-state index in [1.54, 1.807) is 23.2 Å². The molecular weight excluding hydrogens is 388 g/mol. The average molecular weight is 408 g/mol. The third kappa shape index (κ3) is 4.12. The molecule has 2 aromatic carbocycles. The molecule has 1 unspecified atom stereocenters. The molecule has 1 fully saturated rings. The Hall–Kier alpha value is -3.26. The van der Waals surface area contributed by atoms with Crippen LogP contribution in [0.4, 0.5) is 11.4 Å². The number of hydrogen-bond donors (Lipinski definition) is 1. The Balaban J connectivity index is 1.69. The number of thiazole rings is 1. The van der Waals surface area contributed by atoms with Gasteiger partial charge in [-0.25, -0.2) is 4.98 Å². The summed E-state index contributed by atoms with van der Waals surface area (Å²) in [4.78, 5) is 30.0. The van der Waals surface area contributed by atoms with Crippen molar-refractivity contribution in [3.63, 3.8) is 0 Å². The van der Waals surface area contributed by atoms with Crippen molar-refractivity contribution < 1.29 is 9.72 Å². The van der Waals surface area contributed by atoms with Gasteiger partial charge in [0, 0.05) is 36.4 Å². The predicted octanol–water partition coefficient (Wildman–Crippen LogP) is 4.49. The van der Waals surface area contributed by atoms with E-state index in [0.29, 0.717) is 18.8 Å². The zero-order chi connectivity index (χ0) is 20.2. The largest absolute Gasteiger partial charge is 0.372 e. The van der Waals surface area contributed by atoms with E-state index >= 15 is 0 Å². The molecule has 1 saturated heterocycles. The second kappa shape index (κ2) is 8.40. The van der Waals surface area contributed by atoms with Gasteiger partial charge >= 0.3 is 0 Å². The number of carbonyl (C=O) groups is 1. The molecule has 8 heteroatoms. The number of nitrogens with one attached hydrogen (secondary N) is 1. The third-order valence-corrected chi connectivity index (χ3v) is 5.80. The Morgan fingerprint density at radius 3 is 2.59 bits per heavy atom. The molecule has 1 N–H and O–H groups in total. The van der Waals surface area contributed by atoms with Crippen LogP contribution in [0, 0.1) is 10.1 Å². The maximum absolute atomic E-state index is 12.9. The molecule has 1 aliphatic heterocycles. The van der Waals surface area contributed by atoms with E-state index in [4.69, 9.17) is 0 Å². The summed E-state index contributed by atoms with van der Waals surface area (Å²) < 4.78 is 0. The highest BCUT2D eigenvalue weighted by atomic mass is 32.1.